The largest absolute Gasteiger partial charge is 0.465 e. The van der Waals surface area contributed by atoms with Gasteiger partial charge in [0.1, 0.15) is 11.3 Å². The summed E-state index contributed by atoms with van der Waals surface area (Å²) in [6.45, 7) is 1.77. The predicted molar refractivity (Wildman–Crippen MR) is 48.2 cm³/mol. The Morgan fingerprint density at radius 1 is 1.64 bits per heavy atom. The number of fused-ring (bicyclic) bond motifs is 1. The molecule has 0 atom stereocenters. The summed E-state index contributed by atoms with van der Waals surface area (Å²) >= 11 is 0. The van der Waals surface area contributed by atoms with E-state index in [1.807, 2.05) is 0 Å². The number of rotatable bonds is 1. The van der Waals surface area contributed by atoms with Crippen molar-refractivity contribution in [1.82, 2.24) is 9.97 Å². The van der Waals surface area contributed by atoms with Crippen molar-refractivity contribution >= 4 is 23.1 Å². The van der Waals surface area contributed by atoms with Crippen molar-refractivity contribution in [2.24, 2.45) is 0 Å². The van der Waals surface area contributed by atoms with Crippen LogP contribution in [0.5, 0.6) is 0 Å². The Labute approximate surface area is 78.6 Å². The van der Waals surface area contributed by atoms with Gasteiger partial charge >= 0.3 is 6.09 Å². The minimum atomic E-state index is -1.17. The van der Waals surface area contributed by atoms with Gasteiger partial charge in [-0.1, -0.05) is 0 Å². The van der Waals surface area contributed by atoms with Gasteiger partial charge in [0.15, 0.2) is 5.82 Å². The molecule has 6 heteroatoms. The van der Waals surface area contributed by atoms with Crippen molar-refractivity contribution in [3.05, 3.63) is 18.0 Å². The molecule has 0 spiro atoms. The monoisotopic (exact) mass is 193 g/mol. The van der Waals surface area contributed by atoms with Crippen molar-refractivity contribution in [1.29, 1.82) is 0 Å². The number of hydrogen-bond donors (Lipinski definition) is 2. The summed E-state index contributed by atoms with van der Waals surface area (Å²) in [5.74, 6) is 0.873. The Kier molecular flexibility index (Phi) is 1.81. The quantitative estimate of drug-likeness (QED) is 0.718. The Balaban J connectivity index is 2.45. The van der Waals surface area contributed by atoms with E-state index in [1.165, 1.54) is 6.20 Å². The minimum absolute atomic E-state index is 0.186. The van der Waals surface area contributed by atoms with Crippen LogP contribution in [0.3, 0.4) is 0 Å². The fourth-order valence-corrected chi connectivity index (χ4v) is 1.11. The average Bonchev–Trinajstić information content (AvgIpc) is 2.42. The molecule has 0 bridgehead atoms. The molecule has 14 heavy (non-hydrogen) atoms. The lowest BCUT2D eigenvalue weighted by atomic mass is 10.4. The van der Waals surface area contributed by atoms with Gasteiger partial charge in [0.2, 0.25) is 5.71 Å². The first-order valence-electron chi connectivity index (χ1n) is 3.88. The summed E-state index contributed by atoms with van der Waals surface area (Å²) in [7, 11) is 0. The molecule has 0 aromatic carbocycles. The first-order chi connectivity index (χ1) is 6.65. The molecule has 2 aromatic heterocycles. The van der Waals surface area contributed by atoms with Gasteiger partial charge in [-0.3, -0.25) is 5.32 Å². The van der Waals surface area contributed by atoms with E-state index in [4.69, 9.17) is 9.52 Å². The van der Waals surface area contributed by atoms with Crippen LogP contribution in [0.4, 0.5) is 10.6 Å². The van der Waals surface area contributed by atoms with Crippen molar-refractivity contribution in [3.63, 3.8) is 0 Å². The van der Waals surface area contributed by atoms with E-state index in [9.17, 15) is 4.79 Å². The third-order valence-corrected chi connectivity index (χ3v) is 1.60. The number of aryl methyl sites for hydroxylation is 1. The van der Waals surface area contributed by atoms with Crippen LogP contribution in [0.25, 0.3) is 11.2 Å². The molecule has 2 rings (SSSR count). The molecule has 0 radical (unpaired) electrons. The Morgan fingerprint density at radius 2 is 2.43 bits per heavy atom. The fraction of sp³-hybridized carbons (Fsp3) is 0.125. The smallest absolute Gasteiger partial charge is 0.410 e. The van der Waals surface area contributed by atoms with Gasteiger partial charge < -0.3 is 9.52 Å². The topological polar surface area (TPSA) is 88.2 Å². The highest BCUT2D eigenvalue weighted by Gasteiger charge is 2.05. The molecule has 2 heterocycles. The second kappa shape index (κ2) is 2.99. The number of nitrogens with zero attached hydrogens (tertiary/aromatic N) is 2. The van der Waals surface area contributed by atoms with Crippen molar-refractivity contribution in [3.8, 4) is 0 Å². The minimum Gasteiger partial charge on any atom is -0.465 e. The van der Waals surface area contributed by atoms with Crippen LogP contribution < -0.4 is 5.32 Å². The number of amides is 1. The summed E-state index contributed by atoms with van der Waals surface area (Å²) in [5.41, 5.74) is 0.937. The standard InChI is InChI=1S/C8H7N3O3/c1-4-2-5-7(14-4)9-3-6(10-5)11-8(12)13/h2-3H,1H3,(H,10,11)(H,12,13). The van der Waals surface area contributed by atoms with Crippen LogP contribution in [0.1, 0.15) is 5.76 Å². The van der Waals surface area contributed by atoms with E-state index in [1.54, 1.807) is 13.0 Å². The summed E-state index contributed by atoms with van der Waals surface area (Å²) in [6, 6.07) is 1.69. The zero-order chi connectivity index (χ0) is 10.1. The van der Waals surface area contributed by atoms with Crippen LogP contribution in [-0.2, 0) is 0 Å². The molecular weight excluding hydrogens is 186 g/mol. The first-order valence-corrected chi connectivity index (χ1v) is 3.88. The maximum Gasteiger partial charge on any atom is 0.410 e. The highest BCUT2D eigenvalue weighted by Crippen LogP contribution is 2.15. The second-order valence-corrected chi connectivity index (χ2v) is 2.73. The molecule has 0 aliphatic carbocycles. The molecule has 72 valence electrons. The van der Waals surface area contributed by atoms with Crippen molar-refractivity contribution in [2.75, 3.05) is 5.32 Å². The fourth-order valence-electron chi connectivity index (χ4n) is 1.11. The number of aromatic nitrogens is 2. The summed E-state index contributed by atoms with van der Waals surface area (Å²) in [4.78, 5) is 18.2. The zero-order valence-corrected chi connectivity index (χ0v) is 7.31. The highest BCUT2D eigenvalue weighted by molar-refractivity contribution is 5.82. The van der Waals surface area contributed by atoms with Crippen LogP contribution in [0, 0.1) is 6.92 Å². The molecule has 0 aliphatic heterocycles. The van der Waals surface area contributed by atoms with E-state index >= 15 is 0 Å². The molecule has 0 fully saturated rings. The zero-order valence-electron chi connectivity index (χ0n) is 7.31. The molecule has 1 amide bonds. The van der Waals surface area contributed by atoms with E-state index in [-0.39, 0.29) is 5.82 Å². The molecule has 2 aromatic rings. The summed E-state index contributed by atoms with van der Waals surface area (Å²) in [6.07, 6.45) is 0.137. The van der Waals surface area contributed by atoms with E-state index < -0.39 is 6.09 Å². The number of hydrogen-bond acceptors (Lipinski definition) is 4. The first kappa shape index (κ1) is 8.49. The Morgan fingerprint density at radius 3 is 3.14 bits per heavy atom. The van der Waals surface area contributed by atoms with Crippen LogP contribution in [0.15, 0.2) is 16.7 Å². The van der Waals surface area contributed by atoms with E-state index in [0.717, 1.165) is 0 Å². The number of nitrogens with one attached hydrogen (secondary N) is 1. The predicted octanol–water partition coefficient (Wildman–Crippen LogP) is 1.62. The van der Waals surface area contributed by atoms with Gasteiger partial charge in [-0.2, -0.15) is 0 Å². The lowest BCUT2D eigenvalue weighted by molar-refractivity contribution is 0.209. The summed E-state index contributed by atoms with van der Waals surface area (Å²) in [5, 5.41) is 10.5. The molecule has 0 saturated heterocycles. The Hall–Kier alpha value is -2.11. The van der Waals surface area contributed by atoms with Crippen LogP contribution in [-0.4, -0.2) is 21.2 Å². The lowest BCUT2D eigenvalue weighted by Crippen LogP contribution is -2.08. The van der Waals surface area contributed by atoms with Crippen LogP contribution >= 0.6 is 0 Å². The van der Waals surface area contributed by atoms with Gasteiger partial charge in [-0.05, 0) is 6.92 Å². The SMILES string of the molecule is Cc1cc2nc(NC(=O)O)cnc2o1. The van der Waals surface area contributed by atoms with Gasteiger partial charge in [0, 0.05) is 6.07 Å². The molecule has 0 unspecified atom stereocenters. The molecular formula is C8H7N3O3. The lowest BCUT2D eigenvalue weighted by Gasteiger charge is -1.96. The third-order valence-electron chi connectivity index (χ3n) is 1.60. The maximum absolute atomic E-state index is 10.3. The van der Waals surface area contributed by atoms with Crippen LogP contribution in [0.2, 0.25) is 0 Å². The molecule has 2 N–H and O–H groups in total. The average molecular weight is 193 g/mol. The van der Waals surface area contributed by atoms with E-state index in [0.29, 0.717) is 17.0 Å². The van der Waals surface area contributed by atoms with Crippen molar-refractivity contribution in [2.45, 2.75) is 6.92 Å². The third kappa shape index (κ3) is 1.49. The molecule has 0 saturated carbocycles. The van der Waals surface area contributed by atoms with Gasteiger partial charge in [0.25, 0.3) is 0 Å². The van der Waals surface area contributed by atoms with Gasteiger partial charge in [-0.25, -0.2) is 14.8 Å². The maximum atomic E-state index is 10.3. The van der Waals surface area contributed by atoms with Gasteiger partial charge in [-0.15, -0.1) is 0 Å². The molecule has 0 aliphatic rings. The number of carboxylic acid groups (broad SMARTS) is 1. The second-order valence-electron chi connectivity index (χ2n) is 2.73. The highest BCUT2D eigenvalue weighted by atomic mass is 16.4. The summed E-state index contributed by atoms with van der Waals surface area (Å²) < 4.78 is 5.18. The normalized spacial score (nSPS) is 10.4. The number of carbonyl (C=O) groups is 1. The number of anilines is 1. The molecule has 6 nitrogen and oxygen atoms in total. The number of furan rings is 1. The van der Waals surface area contributed by atoms with Gasteiger partial charge in [0.05, 0.1) is 6.20 Å². The van der Waals surface area contributed by atoms with Crippen molar-refractivity contribution < 1.29 is 14.3 Å². The Bertz CT molecular complexity index is 492. The van der Waals surface area contributed by atoms with E-state index in [2.05, 4.69) is 15.3 Å².